The van der Waals surface area contributed by atoms with Crippen LogP contribution in [-0.4, -0.2) is 0 Å². The number of hydrogen-bond acceptors (Lipinski definition) is 0. The largest absolute Gasteiger partial charge is 0.0625 e. The van der Waals surface area contributed by atoms with Crippen LogP contribution in [0.1, 0.15) is 87.5 Å². The highest BCUT2D eigenvalue weighted by atomic mass is 14.4. The van der Waals surface area contributed by atoms with Crippen LogP contribution >= 0.6 is 0 Å². The summed E-state index contributed by atoms with van der Waals surface area (Å²) >= 11 is 0. The average molecular weight is 523 g/mol. The Morgan fingerprint density at radius 2 is 0.875 bits per heavy atom. The van der Waals surface area contributed by atoms with Crippen LogP contribution in [-0.2, 0) is 0 Å². The summed E-state index contributed by atoms with van der Waals surface area (Å²) < 4.78 is 0. The molecule has 0 spiro atoms. The van der Waals surface area contributed by atoms with Crippen LogP contribution in [0.5, 0.6) is 0 Å². The Labute approximate surface area is 241 Å². The fraction of sp³-hybridized carbons (Fsp3) is 0.300. The normalized spacial score (nSPS) is 17.6. The fourth-order valence-electron chi connectivity index (χ4n) is 7.17. The predicted octanol–water partition coefficient (Wildman–Crippen LogP) is 11.6. The minimum absolute atomic E-state index is 0.503. The van der Waals surface area contributed by atoms with Crippen molar-refractivity contribution in [1.82, 2.24) is 0 Å². The van der Waals surface area contributed by atoms with E-state index in [4.69, 9.17) is 0 Å². The Kier molecular flexibility index (Phi) is 7.61. The molecular formula is C40H42. The second-order valence-corrected chi connectivity index (χ2v) is 12.7. The zero-order valence-corrected chi connectivity index (χ0v) is 24.5. The van der Waals surface area contributed by atoms with E-state index in [9.17, 15) is 0 Å². The SMILES string of the molecule is CC(C)CC1=Cc2c(-c3ccccc3)cccc2C1CCC1C(CC(C)C)=Cc2c(-c3ccccc3)cccc21. The Hall–Kier alpha value is -3.64. The smallest absolute Gasteiger partial charge is 0.00580 e. The molecule has 0 heterocycles. The summed E-state index contributed by atoms with van der Waals surface area (Å²) in [7, 11) is 0. The van der Waals surface area contributed by atoms with E-state index in [2.05, 4.69) is 137 Å². The van der Waals surface area contributed by atoms with Crippen LogP contribution in [0.4, 0.5) is 0 Å². The van der Waals surface area contributed by atoms with Crippen molar-refractivity contribution in [2.75, 3.05) is 0 Å². The zero-order valence-electron chi connectivity index (χ0n) is 24.5. The molecule has 0 heteroatoms. The molecule has 2 aliphatic rings. The first-order chi connectivity index (χ1) is 19.5. The van der Waals surface area contributed by atoms with E-state index < -0.39 is 0 Å². The van der Waals surface area contributed by atoms with Crippen LogP contribution < -0.4 is 0 Å². The van der Waals surface area contributed by atoms with Crippen molar-refractivity contribution in [3.8, 4) is 22.3 Å². The molecule has 0 bridgehead atoms. The van der Waals surface area contributed by atoms with Crippen molar-refractivity contribution in [2.45, 2.75) is 65.2 Å². The van der Waals surface area contributed by atoms with Crippen molar-refractivity contribution < 1.29 is 0 Å². The molecule has 0 radical (unpaired) electrons. The van der Waals surface area contributed by atoms with Crippen molar-refractivity contribution in [3.05, 3.63) is 130 Å². The highest BCUT2D eigenvalue weighted by Gasteiger charge is 2.32. The molecule has 6 rings (SSSR count). The van der Waals surface area contributed by atoms with E-state index in [-0.39, 0.29) is 0 Å². The molecule has 0 amide bonds. The summed E-state index contributed by atoms with van der Waals surface area (Å²) in [5, 5.41) is 0. The number of hydrogen-bond donors (Lipinski definition) is 0. The molecule has 0 nitrogen and oxygen atoms in total. The molecule has 0 aromatic heterocycles. The molecule has 4 aromatic carbocycles. The van der Waals surface area contributed by atoms with E-state index in [0.717, 1.165) is 0 Å². The van der Waals surface area contributed by atoms with E-state index in [1.54, 1.807) is 11.1 Å². The van der Waals surface area contributed by atoms with Gasteiger partial charge in [-0.25, -0.2) is 0 Å². The Bertz CT molecular complexity index is 1410. The minimum Gasteiger partial charge on any atom is -0.0625 e. The third-order valence-corrected chi connectivity index (χ3v) is 8.79. The monoisotopic (exact) mass is 522 g/mol. The molecule has 40 heavy (non-hydrogen) atoms. The first kappa shape index (κ1) is 26.6. The van der Waals surface area contributed by atoms with Crippen LogP contribution in [0.2, 0.25) is 0 Å². The molecular weight excluding hydrogens is 480 g/mol. The lowest BCUT2D eigenvalue weighted by Gasteiger charge is -2.24. The number of fused-ring (bicyclic) bond motifs is 2. The van der Waals surface area contributed by atoms with Gasteiger partial charge < -0.3 is 0 Å². The molecule has 2 unspecified atom stereocenters. The van der Waals surface area contributed by atoms with Crippen LogP contribution in [0, 0.1) is 11.8 Å². The summed E-state index contributed by atoms with van der Waals surface area (Å²) in [6.45, 7) is 9.45. The van der Waals surface area contributed by atoms with E-state index in [1.807, 2.05) is 0 Å². The molecule has 4 aromatic rings. The minimum atomic E-state index is 0.503. The van der Waals surface area contributed by atoms with E-state index >= 15 is 0 Å². The molecule has 0 aliphatic heterocycles. The second kappa shape index (κ2) is 11.5. The maximum atomic E-state index is 2.54. The first-order valence-electron chi connectivity index (χ1n) is 15.3. The third-order valence-electron chi connectivity index (χ3n) is 8.79. The highest BCUT2D eigenvalue weighted by Crippen LogP contribution is 2.50. The maximum absolute atomic E-state index is 2.54. The van der Waals surface area contributed by atoms with Gasteiger partial charge in [0.25, 0.3) is 0 Å². The number of benzene rings is 4. The topological polar surface area (TPSA) is 0 Å². The molecule has 0 N–H and O–H groups in total. The molecule has 0 saturated heterocycles. The van der Waals surface area contributed by atoms with Gasteiger partial charge in [0.15, 0.2) is 0 Å². The van der Waals surface area contributed by atoms with Crippen LogP contribution in [0.25, 0.3) is 34.4 Å². The summed E-state index contributed by atoms with van der Waals surface area (Å²) in [6, 6.07) is 35.8. The zero-order chi connectivity index (χ0) is 27.6. The molecule has 0 saturated carbocycles. The fourth-order valence-corrected chi connectivity index (χ4v) is 7.17. The summed E-state index contributed by atoms with van der Waals surface area (Å²) in [5.74, 6) is 2.31. The van der Waals surface area contributed by atoms with Gasteiger partial charge in [0.1, 0.15) is 0 Å². The lowest BCUT2D eigenvalue weighted by Crippen LogP contribution is -2.07. The van der Waals surface area contributed by atoms with Crippen molar-refractivity contribution in [2.24, 2.45) is 11.8 Å². The summed E-state index contributed by atoms with van der Waals surface area (Å²) in [5.41, 5.74) is 14.6. The van der Waals surface area contributed by atoms with Crippen LogP contribution in [0.3, 0.4) is 0 Å². The maximum Gasteiger partial charge on any atom is 0.00580 e. The number of allylic oxidation sites excluding steroid dienone is 2. The highest BCUT2D eigenvalue weighted by molar-refractivity contribution is 5.83. The molecule has 202 valence electrons. The standard InChI is InChI=1S/C40H42/c1-27(2)23-31-25-39-33(29-13-7-5-8-14-29)17-11-19-37(39)35(31)21-22-36-32(24-28(3)4)26-40-34(18-12-20-38(36)40)30-15-9-6-10-16-30/h5-20,25-28,35-36H,21-24H2,1-4H3. The van der Waals surface area contributed by atoms with Gasteiger partial charge in [0.05, 0.1) is 0 Å². The van der Waals surface area contributed by atoms with Crippen molar-refractivity contribution >= 4 is 12.2 Å². The van der Waals surface area contributed by atoms with E-state index in [0.29, 0.717) is 23.7 Å². The lowest BCUT2D eigenvalue weighted by molar-refractivity contribution is 0.541. The first-order valence-corrected chi connectivity index (χ1v) is 15.3. The van der Waals surface area contributed by atoms with Gasteiger partial charge in [0.2, 0.25) is 0 Å². The predicted molar refractivity (Wildman–Crippen MR) is 173 cm³/mol. The van der Waals surface area contributed by atoms with Gasteiger partial charge in [-0.05, 0) is 82.0 Å². The second-order valence-electron chi connectivity index (χ2n) is 12.7. The summed E-state index contributed by atoms with van der Waals surface area (Å²) in [4.78, 5) is 0. The Balaban J connectivity index is 1.34. The Morgan fingerprint density at radius 3 is 1.25 bits per heavy atom. The summed E-state index contributed by atoms with van der Waals surface area (Å²) in [6.07, 6.45) is 9.81. The molecule has 2 atom stereocenters. The van der Waals surface area contributed by atoms with Gasteiger partial charge in [-0.15, -0.1) is 0 Å². The van der Waals surface area contributed by atoms with Gasteiger partial charge in [-0.2, -0.15) is 0 Å². The van der Waals surface area contributed by atoms with Crippen molar-refractivity contribution in [3.63, 3.8) is 0 Å². The van der Waals surface area contributed by atoms with Gasteiger partial charge in [0, 0.05) is 11.8 Å². The quantitative estimate of drug-likeness (QED) is 0.205. The van der Waals surface area contributed by atoms with Crippen molar-refractivity contribution in [1.29, 1.82) is 0 Å². The molecule has 2 aliphatic carbocycles. The lowest BCUT2D eigenvalue weighted by atomic mass is 9.80. The van der Waals surface area contributed by atoms with Gasteiger partial charge in [-0.1, -0.05) is 148 Å². The number of rotatable bonds is 9. The van der Waals surface area contributed by atoms with Crippen LogP contribution in [0.15, 0.2) is 108 Å². The van der Waals surface area contributed by atoms with Gasteiger partial charge >= 0.3 is 0 Å². The van der Waals surface area contributed by atoms with Gasteiger partial charge in [-0.3, -0.25) is 0 Å². The van der Waals surface area contributed by atoms with E-state index in [1.165, 1.54) is 70.2 Å². The third kappa shape index (κ3) is 5.25. The molecule has 0 fully saturated rings. The average Bonchev–Trinajstić information content (AvgIpc) is 3.48. The Morgan fingerprint density at radius 1 is 0.475 bits per heavy atom.